The summed E-state index contributed by atoms with van der Waals surface area (Å²) in [7, 11) is 0. The van der Waals surface area contributed by atoms with E-state index in [1.165, 1.54) is 5.56 Å². The van der Waals surface area contributed by atoms with E-state index in [0.717, 1.165) is 22.8 Å². The molecule has 1 atom stereocenters. The van der Waals surface area contributed by atoms with Crippen LogP contribution in [0.5, 0.6) is 11.5 Å². The average Bonchev–Trinajstić information content (AvgIpc) is 3.52. The minimum absolute atomic E-state index is 0.159. The summed E-state index contributed by atoms with van der Waals surface area (Å²) in [4.78, 5) is 0. The largest absolute Gasteiger partial charge is 0.468 e. The second kappa shape index (κ2) is 15.7. The summed E-state index contributed by atoms with van der Waals surface area (Å²) >= 11 is 0. The van der Waals surface area contributed by atoms with Gasteiger partial charge in [-0.15, -0.1) is 6.58 Å². The number of furan rings is 1. The Bertz CT molecular complexity index is 837. The summed E-state index contributed by atoms with van der Waals surface area (Å²) in [5.74, 6) is 2.44. The Balaban J connectivity index is 0.000000219. The van der Waals surface area contributed by atoms with Gasteiger partial charge in [-0.3, -0.25) is 0 Å². The van der Waals surface area contributed by atoms with E-state index >= 15 is 0 Å². The second-order valence-electron chi connectivity index (χ2n) is 6.40. The van der Waals surface area contributed by atoms with Crippen molar-refractivity contribution in [2.45, 2.75) is 26.1 Å². The van der Waals surface area contributed by atoms with Crippen molar-refractivity contribution in [1.29, 1.82) is 0 Å². The Morgan fingerprint density at radius 1 is 0.935 bits per heavy atom. The fraction of sp³-hybridized carbons (Fsp3) is 0.250. The van der Waals surface area contributed by atoms with Gasteiger partial charge in [0.15, 0.2) is 11.5 Å². The Kier molecular flexibility index (Phi) is 13.1. The van der Waals surface area contributed by atoms with E-state index in [1.807, 2.05) is 67.6 Å². The first-order valence-corrected chi connectivity index (χ1v) is 9.98. The molecule has 0 amide bonds. The van der Waals surface area contributed by atoms with Gasteiger partial charge in [0.25, 0.3) is 0 Å². The fourth-order valence-corrected chi connectivity index (χ4v) is 2.25. The number of nitrogens with two attached hydrogens (primary N) is 4. The maximum Gasteiger partial charge on any atom is 0.231 e. The Labute approximate surface area is 184 Å². The first-order chi connectivity index (χ1) is 15.0. The molecule has 2 heterocycles. The van der Waals surface area contributed by atoms with Gasteiger partial charge in [0.05, 0.1) is 12.8 Å². The quantitative estimate of drug-likeness (QED) is 0.469. The van der Waals surface area contributed by atoms with E-state index in [2.05, 4.69) is 6.58 Å². The van der Waals surface area contributed by atoms with Crippen molar-refractivity contribution in [3.05, 3.63) is 96.5 Å². The minimum atomic E-state index is 0.159. The summed E-state index contributed by atoms with van der Waals surface area (Å²) in [5, 5.41) is 0. The van der Waals surface area contributed by atoms with Gasteiger partial charge in [0, 0.05) is 19.1 Å². The monoisotopic (exact) mass is 426 g/mol. The van der Waals surface area contributed by atoms with Crippen LogP contribution in [0.15, 0.2) is 84.0 Å². The van der Waals surface area contributed by atoms with Crippen molar-refractivity contribution in [2.24, 2.45) is 22.9 Å². The van der Waals surface area contributed by atoms with Gasteiger partial charge >= 0.3 is 0 Å². The normalized spacial score (nSPS) is 11.5. The highest BCUT2D eigenvalue weighted by atomic mass is 16.7. The molecule has 0 fully saturated rings. The zero-order valence-electron chi connectivity index (χ0n) is 18.1. The van der Waals surface area contributed by atoms with Crippen LogP contribution in [0.4, 0.5) is 0 Å². The predicted octanol–water partition coefficient (Wildman–Crippen LogP) is 3.45. The van der Waals surface area contributed by atoms with E-state index in [0.29, 0.717) is 26.4 Å². The summed E-state index contributed by atoms with van der Waals surface area (Å²) < 4.78 is 15.2. The van der Waals surface area contributed by atoms with Gasteiger partial charge in [-0.1, -0.05) is 42.5 Å². The summed E-state index contributed by atoms with van der Waals surface area (Å²) in [5.41, 5.74) is 23.4. The van der Waals surface area contributed by atoms with Crippen molar-refractivity contribution in [2.75, 3.05) is 13.3 Å². The average molecular weight is 427 g/mol. The SMILES string of the molecule is C=CCN.C[C@H](N)c1ccccc1.NCc1ccc2c(c1)OCO2.NCc1ccco1. The van der Waals surface area contributed by atoms with Gasteiger partial charge in [-0.25, -0.2) is 0 Å². The van der Waals surface area contributed by atoms with E-state index in [1.54, 1.807) is 12.3 Å². The van der Waals surface area contributed by atoms with Crippen LogP contribution in [-0.4, -0.2) is 13.3 Å². The molecule has 1 aliphatic rings. The van der Waals surface area contributed by atoms with Crippen molar-refractivity contribution in [3.8, 4) is 11.5 Å². The molecule has 0 bridgehead atoms. The maximum absolute atomic E-state index is 5.61. The summed E-state index contributed by atoms with van der Waals surface area (Å²) in [6.07, 6.45) is 3.27. The lowest BCUT2D eigenvalue weighted by molar-refractivity contribution is 0.174. The standard InChI is InChI=1S/C8H9NO2.C8H11N.C5H7NO.C3H7N/c9-4-6-1-2-7-8(3-6)11-5-10-7;1-7(9)8-5-3-2-4-6-8;6-4-5-2-1-3-7-5;1-2-3-4/h1-3H,4-5,9H2;2-7H,9H2,1H3;1-3H,4,6H2;2H,1,3-4H2/t;7-;;/m.0../s1. The predicted molar refractivity (Wildman–Crippen MR) is 125 cm³/mol. The summed E-state index contributed by atoms with van der Waals surface area (Å²) in [6.45, 7) is 7.27. The highest BCUT2D eigenvalue weighted by molar-refractivity contribution is 5.44. The van der Waals surface area contributed by atoms with Crippen LogP contribution in [-0.2, 0) is 13.1 Å². The number of hydrogen-bond acceptors (Lipinski definition) is 7. The van der Waals surface area contributed by atoms with Crippen molar-refractivity contribution in [1.82, 2.24) is 0 Å². The van der Waals surface area contributed by atoms with Gasteiger partial charge in [0.1, 0.15) is 5.76 Å². The molecule has 1 aromatic heterocycles. The molecule has 4 rings (SSSR count). The Hall–Kier alpha value is -3.10. The molecule has 7 heteroatoms. The highest BCUT2D eigenvalue weighted by Gasteiger charge is 2.12. The van der Waals surface area contributed by atoms with Crippen molar-refractivity contribution in [3.63, 3.8) is 0 Å². The third kappa shape index (κ3) is 10.5. The van der Waals surface area contributed by atoms with Gasteiger partial charge < -0.3 is 36.8 Å². The first kappa shape index (κ1) is 25.9. The lowest BCUT2D eigenvalue weighted by Gasteiger charge is -2.02. The van der Waals surface area contributed by atoms with E-state index in [9.17, 15) is 0 Å². The van der Waals surface area contributed by atoms with Crippen molar-refractivity contribution >= 4 is 0 Å². The Morgan fingerprint density at radius 3 is 2.06 bits per heavy atom. The summed E-state index contributed by atoms with van der Waals surface area (Å²) in [6, 6.07) is 19.6. The van der Waals surface area contributed by atoms with Crippen LogP contribution in [0, 0.1) is 0 Å². The molecule has 31 heavy (non-hydrogen) atoms. The molecule has 1 aliphatic heterocycles. The van der Waals surface area contributed by atoms with E-state index in [-0.39, 0.29) is 6.04 Å². The molecule has 0 saturated heterocycles. The topological polar surface area (TPSA) is 136 Å². The lowest BCUT2D eigenvalue weighted by Crippen LogP contribution is -2.03. The van der Waals surface area contributed by atoms with Gasteiger partial charge in [-0.2, -0.15) is 0 Å². The maximum atomic E-state index is 5.61. The third-order valence-corrected chi connectivity index (χ3v) is 3.95. The van der Waals surface area contributed by atoms with Gasteiger partial charge in [0.2, 0.25) is 6.79 Å². The molecule has 0 spiro atoms. The van der Waals surface area contributed by atoms with Gasteiger partial charge in [-0.05, 0) is 42.3 Å². The zero-order valence-corrected chi connectivity index (χ0v) is 18.1. The van der Waals surface area contributed by atoms with E-state index in [4.69, 9.17) is 36.8 Å². The number of fused-ring (bicyclic) bond motifs is 1. The molecule has 0 unspecified atom stereocenters. The Morgan fingerprint density at radius 2 is 1.61 bits per heavy atom. The third-order valence-electron chi connectivity index (χ3n) is 3.95. The molecule has 2 aromatic carbocycles. The minimum Gasteiger partial charge on any atom is -0.468 e. The highest BCUT2D eigenvalue weighted by Crippen LogP contribution is 2.32. The van der Waals surface area contributed by atoms with Crippen molar-refractivity contribution < 1.29 is 13.9 Å². The molecular formula is C24H34N4O3. The fourth-order valence-electron chi connectivity index (χ4n) is 2.25. The van der Waals surface area contributed by atoms with Crippen LogP contribution in [0.2, 0.25) is 0 Å². The van der Waals surface area contributed by atoms with Crippen LogP contribution < -0.4 is 32.4 Å². The molecule has 8 N–H and O–H groups in total. The number of rotatable bonds is 4. The second-order valence-corrected chi connectivity index (χ2v) is 6.40. The number of hydrogen-bond donors (Lipinski definition) is 4. The van der Waals surface area contributed by atoms with E-state index < -0.39 is 0 Å². The number of benzene rings is 2. The van der Waals surface area contributed by atoms with Crippen LogP contribution in [0.25, 0.3) is 0 Å². The first-order valence-electron chi connectivity index (χ1n) is 9.98. The smallest absolute Gasteiger partial charge is 0.231 e. The van der Waals surface area contributed by atoms with Crippen LogP contribution >= 0.6 is 0 Å². The zero-order chi connectivity index (χ0) is 22.9. The molecular weight excluding hydrogens is 392 g/mol. The molecule has 3 aromatic rings. The molecule has 0 aliphatic carbocycles. The molecule has 168 valence electrons. The van der Waals surface area contributed by atoms with Crippen LogP contribution in [0.3, 0.4) is 0 Å². The lowest BCUT2D eigenvalue weighted by atomic mass is 10.1. The van der Waals surface area contributed by atoms with Crippen LogP contribution in [0.1, 0.15) is 29.9 Å². The molecule has 0 radical (unpaired) electrons. The number of ether oxygens (including phenoxy) is 2. The molecule has 7 nitrogen and oxygen atoms in total. The molecule has 0 saturated carbocycles.